The molecule has 1 N–H and O–H groups in total. The number of nitriles is 1. The number of carboxylic acids is 1. The smallest absolute Gasteiger partial charge is 0.346 e. The molecule has 0 aliphatic heterocycles. The number of allylic oxidation sites excluding steroid dienone is 2. The topological polar surface area (TPSA) is 61.1 Å². The zero-order valence-corrected chi connectivity index (χ0v) is 11.3. The summed E-state index contributed by atoms with van der Waals surface area (Å²) in [4.78, 5) is 10.6. The predicted octanol–water partition coefficient (Wildman–Crippen LogP) is 3.31. The Morgan fingerprint density at radius 2 is 1.94 bits per heavy atom. The first-order valence-electron chi connectivity index (χ1n) is 4.82. The molecule has 0 bridgehead atoms. The second-order valence-corrected chi connectivity index (χ2v) is 4.54. The van der Waals surface area contributed by atoms with Crippen molar-refractivity contribution in [2.24, 2.45) is 0 Å². The molecule has 1 aromatic rings. The number of hydrogen-bond donors (Lipinski definition) is 1. The molecule has 0 aliphatic carbocycles. The average Bonchev–Trinajstić information content (AvgIpc) is 2.30. The van der Waals surface area contributed by atoms with Crippen LogP contribution >= 0.6 is 22.6 Å². The van der Waals surface area contributed by atoms with E-state index in [-0.39, 0.29) is 5.57 Å². The molecular weight excluding hydrogens is 329 g/mol. The van der Waals surface area contributed by atoms with Crippen molar-refractivity contribution in [2.45, 2.75) is 6.92 Å². The molecule has 0 heterocycles. The third-order valence-electron chi connectivity index (χ3n) is 2.07. The van der Waals surface area contributed by atoms with Gasteiger partial charge in [-0.2, -0.15) is 5.26 Å². The maximum atomic E-state index is 10.6. The lowest BCUT2D eigenvalue weighted by atomic mass is 10.1. The monoisotopic (exact) mass is 339 g/mol. The lowest BCUT2D eigenvalue weighted by molar-refractivity contribution is -0.132. The molecule has 17 heavy (non-hydrogen) atoms. The van der Waals surface area contributed by atoms with Crippen molar-refractivity contribution < 1.29 is 9.90 Å². The molecule has 0 fully saturated rings. The average molecular weight is 339 g/mol. The van der Waals surface area contributed by atoms with Crippen LogP contribution in [0.2, 0.25) is 0 Å². The largest absolute Gasteiger partial charge is 0.477 e. The van der Waals surface area contributed by atoms with Gasteiger partial charge in [-0.15, -0.1) is 0 Å². The Kier molecular flexibility index (Phi) is 4.91. The highest BCUT2D eigenvalue weighted by atomic mass is 127. The van der Waals surface area contributed by atoms with Crippen molar-refractivity contribution in [3.63, 3.8) is 0 Å². The molecule has 0 atom stereocenters. The molecule has 0 amide bonds. The number of aryl methyl sites for hydroxylation is 1. The molecule has 0 unspecified atom stereocenters. The predicted molar refractivity (Wildman–Crippen MR) is 74.5 cm³/mol. The van der Waals surface area contributed by atoms with Crippen LogP contribution in [0.1, 0.15) is 11.1 Å². The second kappa shape index (κ2) is 6.21. The molecule has 3 nitrogen and oxygen atoms in total. The number of hydrogen-bond acceptors (Lipinski definition) is 2. The first-order chi connectivity index (χ1) is 8.04. The molecule has 0 saturated heterocycles. The summed E-state index contributed by atoms with van der Waals surface area (Å²) < 4.78 is 0.886. The van der Waals surface area contributed by atoms with Gasteiger partial charge in [-0.25, -0.2) is 4.79 Å². The number of benzene rings is 1. The Labute approximate surface area is 113 Å². The molecule has 0 aromatic heterocycles. The van der Waals surface area contributed by atoms with E-state index in [1.807, 2.05) is 31.2 Å². The molecule has 4 heteroatoms. The molecule has 0 spiro atoms. The Morgan fingerprint density at radius 3 is 2.41 bits per heavy atom. The van der Waals surface area contributed by atoms with Gasteiger partial charge in [-0.1, -0.05) is 29.8 Å². The van der Waals surface area contributed by atoms with Gasteiger partial charge in [-0.05, 0) is 47.2 Å². The van der Waals surface area contributed by atoms with Gasteiger partial charge in [0, 0.05) is 3.58 Å². The third kappa shape index (κ3) is 4.04. The summed E-state index contributed by atoms with van der Waals surface area (Å²) in [6.07, 6.45) is 2.93. The number of aliphatic carboxylic acids is 1. The summed E-state index contributed by atoms with van der Waals surface area (Å²) in [5.41, 5.74) is 1.89. The molecule has 0 aliphatic rings. The van der Waals surface area contributed by atoms with Crippen LogP contribution in [0.4, 0.5) is 0 Å². The number of carbonyl (C=O) groups is 1. The summed E-state index contributed by atoms with van der Waals surface area (Å²) in [6, 6.07) is 9.50. The van der Waals surface area contributed by atoms with E-state index in [2.05, 4.69) is 22.6 Å². The minimum Gasteiger partial charge on any atom is -0.477 e. The number of rotatable bonds is 3. The Hall–Kier alpha value is -1.61. The van der Waals surface area contributed by atoms with E-state index in [1.165, 1.54) is 6.08 Å². The van der Waals surface area contributed by atoms with Gasteiger partial charge < -0.3 is 5.11 Å². The molecular formula is C13H10INO2. The van der Waals surface area contributed by atoms with Crippen LogP contribution in [0, 0.1) is 18.3 Å². The van der Waals surface area contributed by atoms with Gasteiger partial charge in [0.15, 0.2) is 0 Å². The van der Waals surface area contributed by atoms with E-state index in [0.717, 1.165) is 14.7 Å². The number of carboxylic acid groups (broad SMARTS) is 1. The number of halogens is 1. The van der Waals surface area contributed by atoms with Crippen molar-refractivity contribution in [3.05, 3.63) is 53.1 Å². The standard InChI is InChI=1S/C13H10INO2/c1-9-2-4-10(5-3-9)12(14)7-6-11(8-15)13(16)17/h2-7H,1H3,(H,16,17)/b11-6+,12-7-. The molecule has 1 rings (SSSR count). The summed E-state index contributed by atoms with van der Waals surface area (Å²) in [5, 5.41) is 17.3. The Bertz CT molecular complexity index is 521. The van der Waals surface area contributed by atoms with Crippen LogP contribution in [-0.4, -0.2) is 11.1 Å². The van der Waals surface area contributed by atoms with E-state index >= 15 is 0 Å². The Morgan fingerprint density at radius 1 is 1.35 bits per heavy atom. The van der Waals surface area contributed by atoms with E-state index in [1.54, 1.807) is 12.1 Å². The first kappa shape index (κ1) is 13.5. The fraction of sp³-hybridized carbons (Fsp3) is 0.0769. The lowest BCUT2D eigenvalue weighted by Crippen LogP contribution is -1.96. The zero-order chi connectivity index (χ0) is 12.8. The SMILES string of the molecule is Cc1ccc(/C(I)=C/C=C(\C#N)C(=O)O)cc1. The quantitative estimate of drug-likeness (QED) is 0.398. The summed E-state index contributed by atoms with van der Waals surface area (Å²) in [6.45, 7) is 2.00. The summed E-state index contributed by atoms with van der Waals surface area (Å²) >= 11 is 2.11. The van der Waals surface area contributed by atoms with Crippen LogP contribution in [0.5, 0.6) is 0 Å². The highest BCUT2D eigenvalue weighted by Gasteiger charge is 2.03. The highest BCUT2D eigenvalue weighted by molar-refractivity contribution is 14.1. The van der Waals surface area contributed by atoms with Gasteiger partial charge in [0.1, 0.15) is 11.6 Å². The minimum absolute atomic E-state index is 0.272. The molecule has 86 valence electrons. The zero-order valence-electron chi connectivity index (χ0n) is 9.14. The first-order valence-corrected chi connectivity index (χ1v) is 5.90. The van der Waals surface area contributed by atoms with Crippen molar-refractivity contribution in [1.82, 2.24) is 0 Å². The normalized spacial score (nSPS) is 12.1. The van der Waals surface area contributed by atoms with Gasteiger partial charge in [-0.3, -0.25) is 0 Å². The third-order valence-corrected chi connectivity index (χ3v) is 3.06. The van der Waals surface area contributed by atoms with E-state index < -0.39 is 5.97 Å². The maximum Gasteiger partial charge on any atom is 0.346 e. The fourth-order valence-corrected chi connectivity index (χ4v) is 1.66. The maximum absolute atomic E-state index is 10.6. The summed E-state index contributed by atoms with van der Waals surface area (Å²) in [7, 11) is 0. The highest BCUT2D eigenvalue weighted by Crippen LogP contribution is 2.22. The van der Waals surface area contributed by atoms with Crippen LogP contribution in [0.15, 0.2) is 42.0 Å². The number of nitrogens with zero attached hydrogens (tertiary/aromatic N) is 1. The van der Waals surface area contributed by atoms with Gasteiger partial charge in [0.05, 0.1) is 0 Å². The molecule has 0 saturated carbocycles. The second-order valence-electron chi connectivity index (χ2n) is 3.38. The van der Waals surface area contributed by atoms with Crippen LogP contribution in [0.25, 0.3) is 3.58 Å². The fourth-order valence-electron chi connectivity index (χ4n) is 1.12. The van der Waals surface area contributed by atoms with Gasteiger partial charge >= 0.3 is 5.97 Å². The van der Waals surface area contributed by atoms with Crippen molar-refractivity contribution in [2.75, 3.05) is 0 Å². The van der Waals surface area contributed by atoms with Crippen LogP contribution in [0.3, 0.4) is 0 Å². The Balaban J connectivity index is 2.98. The van der Waals surface area contributed by atoms with Gasteiger partial charge in [0.2, 0.25) is 0 Å². The van der Waals surface area contributed by atoms with Crippen molar-refractivity contribution in [3.8, 4) is 6.07 Å². The van der Waals surface area contributed by atoms with Crippen molar-refractivity contribution in [1.29, 1.82) is 5.26 Å². The lowest BCUT2D eigenvalue weighted by Gasteiger charge is -1.99. The van der Waals surface area contributed by atoms with Crippen molar-refractivity contribution >= 4 is 32.1 Å². The van der Waals surface area contributed by atoms with E-state index in [0.29, 0.717) is 0 Å². The molecule has 1 aromatic carbocycles. The summed E-state index contributed by atoms with van der Waals surface area (Å²) in [5.74, 6) is -1.21. The van der Waals surface area contributed by atoms with Crippen LogP contribution in [-0.2, 0) is 4.79 Å². The van der Waals surface area contributed by atoms with Crippen LogP contribution < -0.4 is 0 Å². The minimum atomic E-state index is -1.21. The molecule has 0 radical (unpaired) electrons. The van der Waals surface area contributed by atoms with E-state index in [9.17, 15) is 4.79 Å². The van der Waals surface area contributed by atoms with Gasteiger partial charge in [0.25, 0.3) is 0 Å². The van der Waals surface area contributed by atoms with E-state index in [4.69, 9.17) is 10.4 Å².